The lowest BCUT2D eigenvalue weighted by Crippen LogP contribution is -2.51. The van der Waals surface area contributed by atoms with E-state index in [0.717, 1.165) is 0 Å². The van der Waals surface area contributed by atoms with E-state index in [9.17, 15) is 9.59 Å². The van der Waals surface area contributed by atoms with Gasteiger partial charge in [0.25, 0.3) is 0 Å². The maximum atomic E-state index is 14.2. The number of methoxy groups -OCH3 is 1. The van der Waals surface area contributed by atoms with Crippen LogP contribution in [0.25, 0.3) is 11.0 Å². The first-order valence-corrected chi connectivity index (χ1v) is 12.8. The minimum atomic E-state index is -1.02. The molecular formula is C29H31N5O5. The largest absolute Gasteiger partial charge is 0.497 e. The van der Waals surface area contributed by atoms with Gasteiger partial charge in [0.2, 0.25) is 18.6 Å². The highest BCUT2D eigenvalue weighted by atomic mass is 16.7. The number of ether oxygens (including phenoxy) is 3. The second-order valence-corrected chi connectivity index (χ2v) is 9.94. The molecule has 202 valence electrons. The van der Waals surface area contributed by atoms with Crippen LogP contribution in [0.15, 0.2) is 66.7 Å². The number of para-hydroxylation sites is 1. The molecule has 1 unspecified atom stereocenters. The minimum Gasteiger partial charge on any atom is -0.497 e. The summed E-state index contributed by atoms with van der Waals surface area (Å²) in [6.45, 7) is 5.84. The van der Waals surface area contributed by atoms with Crippen molar-refractivity contribution in [2.24, 2.45) is 0 Å². The summed E-state index contributed by atoms with van der Waals surface area (Å²) >= 11 is 0. The number of benzene rings is 3. The van der Waals surface area contributed by atoms with Crippen LogP contribution >= 0.6 is 0 Å². The van der Waals surface area contributed by atoms with Crippen molar-refractivity contribution in [3.05, 3.63) is 72.3 Å². The van der Waals surface area contributed by atoms with E-state index in [4.69, 9.17) is 14.2 Å². The zero-order valence-electron chi connectivity index (χ0n) is 22.4. The van der Waals surface area contributed by atoms with Crippen molar-refractivity contribution in [2.45, 2.75) is 45.3 Å². The van der Waals surface area contributed by atoms with Gasteiger partial charge in [0.05, 0.1) is 12.6 Å². The van der Waals surface area contributed by atoms with Crippen LogP contribution in [0.3, 0.4) is 0 Å². The van der Waals surface area contributed by atoms with Gasteiger partial charge in [-0.2, -0.15) is 0 Å². The van der Waals surface area contributed by atoms with Gasteiger partial charge in [-0.15, -0.1) is 5.10 Å². The Hall–Kier alpha value is -4.60. The predicted octanol–water partition coefficient (Wildman–Crippen LogP) is 4.25. The fraction of sp³-hybridized carbons (Fsp3) is 0.310. The van der Waals surface area contributed by atoms with E-state index in [-0.39, 0.29) is 25.2 Å². The molecule has 0 fully saturated rings. The summed E-state index contributed by atoms with van der Waals surface area (Å²) < 4.78 is 18.1. The lowest BCUT2D eigenvalue weighted by molar-refractivity contribution is -0.128. The second kappa shape index (κ2) is 10.6. The average Bonchev–Trinajstić information content (AvgIpc) is 3.58. The van der Waals surface area contributed by atoms with Crippen molar-refractivity contribution in [1.82, 2.24) is 20.3 Å². The van der Waals surface area contributed by atoms with Gasteiger partial charge in [-0.25, -0.2) is 4.68 Å². The van der Waals surface area contributed by atoms with E-state index < -0.39 is 11.6 Å². The highest BCUT2D eigenvalue weighted by molar-refractivity contribution is 6.02. The Balaban J connectivity index is 1.63. The van der Waals surface area contributed by atoms with Crippen molar-refractivity contribution in [2.75, 3.05) is 18.8 Å². The number of nitrogens with one attached hydrogen (secondary N) is 1. The summed E-state index contributed by atoms with van der Waals surface area (Å²) in [7, 11) is 1.56. The molecular weight excluding hydrogens is 498 g/mol. The second-order valence-electron chi connectivity index (χ2n) is 9.94. The Kier molecular flexibility index (Phi) is 7.10. The van der Waals surface area contributed by atoms with Crippen molar-refractivity contribution in [1.29, 1.82) is 0 Å². The fourth-order valence-electron chi connectivity index (χ4n) is 4.43. The van der Waals surface area contributed by atoms with Crippen LogP contribution in [-0.4, -0.2) is 46.2 Å². The van der Waals surface area contributed by atoms with Gasteiger partial charge in [0.1, 0.15) is 23.9 Å². The Labute approximate surface area is 226 Å². The van der Waals surface area contributed by atoms with E-state index >= 15 is 0 Å². The summed E-state index contributed by atoms with van der Waals surface area (Å²) in [4.78, 5) is 29.7. The molecule has 2 heterocycles. The number of rotatable bonds is 9. The van der Waals surface area contributed by atoms with Crippen LogP contribution in [0.4, 0.5) is 5.69 Å². The SMILES string of the molecule is CCC(C)(C)NC(=O)C(c1cccc(OC)c1)N(C(=O)Cn1nnc2ccccc21)c1ccc2c(c1)OCO2. The number of fused-ring (bicyclic) bond motifs is 2. The number of aromatic nitrogens is 3. The van der Waals surface area contributed by atoms with E-state index in [0.29, 0.717) is 46.0 Å². The standard InChI is InChI=1S/C29H31N5O5/c1-5-29(2,3)30-28(36)27(19-9-8-10-21(15-19)37-4)34(20-13-14-24-25(16-20)39-18-38-24)26(35)17-33-23-12-7-6-11-22(23)31-32-33/h6-16,27H,5,17-18H2,1-4H3,(H,30,36). The van der Waals surface area contributed by atoms with Gasteiger partial charge in [0, 0.05) is 17.3 Å². The Morgan fingerprint density at radius 2 is 1.87 bits per heavy atom. The monoisotopic (exact) mass is 529 g/mol. The smallest absolute Gasteiger partial charge is 0.249 e. The number of nitrogens with zero attached hydrogens (tertiary/aromatic N) is 4. The van der Waals surface area contributed by atoms with E-state index in [1.54, 1.807) is 43.5 Å². The molecule has 0 bridgehead atoms. The predicted molar refractivity (Wildman–Crippen MR) is 146 cm³/mol. The maximum absolute atomic E-state index is 14.2. The Morgan fingerprint density at radius 3 is 2.67 bits per heavy atom. The summed E-state index contributed by atoms with van der Waals surface area (Å²) in [5, 5.41) is 11.5. The van der Waals surface area contributed by atoms with Crippen LogP contribution in [0.1, 0.15) is 38.8 Å². The van der Waals surface area contributed by atoms with Gasteiger partial charge in [0.15, 0.2) is 11.5 Å². The first-order valence-electron chi connectivity index (χ1n) is 12.8. The third-order valence-electron chi connectivity index (χ3n) is 6.87. The van der Waals surface area contributed by atoms with Crippen molar-refractivity contribution >= 4 is 28.5 Å². The molecule has 10 heteroatoms. The number of hydrogen-bond donors (Lipinski definition) is 1. The molecule has 2 amide bonds. The molecule has 4 aromatic rings. The summed E-state index contributed by atoms with van der Waals surface area (Å²) in [6.07, 6.45) is 0.701. The molecule has 1 N–H and O–H groups in total. The highest BCUT2D eigenvalue weighted by Gasteiger charge is 2.36. The van der Waals surface area contributed by atoms with Crippen molar-refractivity contribution in [3.63, 3.8) is 0 Å². The van der Waals surface area contributed by atoms with Gasteiger partial charge < -0.3 is 19.5 Å². The number of carbonyl (C=O) groups is 2. The third-order valence-corrected chi connectivity index (χ3v) is 6.87. The molecule has 3 aromatic carbocycles. The molecule has 39 heavy (non-hydrogen) atoms. The van der Waals surface area contributed by atoms with Gasteiger partial charge in [-0.1, -0.05) is 36.4 Å². The zero-order chi connectivity index (χ0) is 27.6. The first-order chi connectivity index (χ1) is 18.8. The molecule has 1 aromatic heterocycles. The molecule has 0 aliphatic carbocycles. The Morgan fingerprint density at radius 1 is 1.08 bits per heavy atom. The normalized spacial score (nSPS) is 13.2. The van der Waals surface area contributed by atoms with E-state index in [2.05, 4.69) is 15.6 Å². The number of hydrogen-bond acceptors (Lipinski definition) is 7. The Bertz CT molecular complexity index is 1510. The average molecular weight is 530 g/mol. The molecule has 1 atom stereocenters. The molecule has 0 saturated carbocycles. The molecule has 1 aliphatic heterocycles. The molecule has 10 nitrogen and oxygen atoms in total. The first kappa shape index (κ1) is 26.0. The highest BCUT2D eigenvalue weighted by Crippen LogP contribution is 2.39. The summed E-state index contributed by atoms with van der Waals surface area (Å²) in [5.74, 6) is 0.949. The zero-order valence-corrected chi connectivity index (χ0v) is 22.4. The number of amides is 2. The van der Waals surface area contributed by atoms with Crippen LogP contribution in [0.5, 0.6) is 17.2 Å². The van der Waals surface area contributed by atoms with Crippen molar-refractivity contribution < 1.29 is 23.8 Å². The minimum absolute atomic E-state index is 0.0855. The molecule has 0 radical (unpaired) electrons. The number of carbonyl (C=O) groups excluding carboxylic acids is 2. The topological polar surface area (TPSA) is 108 Å². The summed E-state index contributed by atoms with van der Waals surface area (Å²) in [6, 6.07) is 18.7. The van der Waals surface area contributed by atoms with E-state index in [1.165, 1.54) is 9.58 Å². The van der Waals surface area contributed by atoms with Gasteiger partial charge in [-0.3, -0.25) is 14.5 Å². The fourth-order valence-corrected chi connectivity index (χ4v) is 4.43. The van der Waals surface area contributed by atoms with Crippen LogP contribution in [-0.2, 0) is 16.1 Å². The van der Waals surface area contributed by atoms with E-state index in [1.807, 2.05) is 51.1 Å². The lowest BCUT2D eigenvalue weighted by atomic mass is 9.98. The maximum Gasteiger partial charge on any atom is 0.249 e. The number of anilines is 1. The lowest BCUT2D eigenvalue weighted by Gasteiger charge is -2.34. The van der Waals surface area contributed by atoms with Crippen LogP contribution in [0.2, 0.25) is 0 Å². The van der Waals surface area contributed by atoms with Crippen molar-refractivity contribution in [3.8, 4) is 17.2 Å². The van der Waals surface area contributed by atoms with Crippen LogP contribution in [0, 0.1) is 0 Å². The quantitative estimate of drug-likeness (QED) is 0.345. The molecule has 5 rings (SSSR count). The van der Waals surface area contributed by atoms with Crippen LogP contribution < -0.4 is 24.4 Å². The molecule has 0 saturated heterocycles. The van der Waals surface area contributed by atoms with Gasteiger partial charge in [-0.05, 0) is 62.2 Å². The molecule has 0 spiro atoms. The molecule has 1 aliphatic rings. The third kappa shape index (κ3) is 5.36. The van der Waals surface area contributed by atoms with Gasteiger partial charge >= 0.3 is 0 Å². The summed E-state index contributed by atoms with van der Waals surface area (Å²) in [5.41, 5.74) is 1.96.